The highest BCUT2D eigenvalue weighted by atomic mass is 16.2. The van der Waals surface area contributed by atoms with Crippen LogP contribution in [0.3, 0.4) is 0 Å². The highest BCUT2D eigenvalue weighted by Crippen LogP contribution is 2.32. The van der Waals surface area contributed by atoms with Gasteiger partial charge in [-0.15, -0.1) is 0 Å². The van der Waals surface area contributed by atoms with E-state index in [0.717, 1.165) is 16.8 Å². The van der Waals surface area contributed by atoms with E-state index in [9.17, 15) is 9.59 Å². The summed E-state index contributed by atoms with van der Waals surface area (Å²) >= 11 is 0. The Hall–Kier alpha value is -2.42. The van der Waals surface area contributed by atoms with Crippen molar-refractivity contribution in [1.82, 2.24) is 0 Å². The second kappa shape index (κ2) is 4.69. The van der Waals surface area contributed by atoms with E-state index >= 15 is 0 Å². The van der Waals surface area contributed by atoms with Gasteiger partial charge in [0.1, 0.15) is 0 Å². The Morgan fingerprint density at radius 1 is 0.842 bits per heavy atom. The van der Waals surface area contributed by atoms with Gasteiger partial charge < -0.3 is 4.90 Å². The third kappa shape index (κ3) is 2.15. The molecule has 0 aliphatic carbocycles. The van der Waals surface area contributed by atoms with Gasteiger partial charge in [-0.3, -0.25) is 9.59 Å². The molecule has 0 spiro atoms. The van der Waals surface area contributed by atoms with E-state index in [-0.39, 0.29) is 24.7 Å². The number of amides is 1. The summed E-state index contributed by atoms with van der Waals surface area (Å²) < 4.78 is 0. The van der Waals surface area contributed by atoms with E-state index in [1.807, 2.05) is 54.6 Å². The largest absolute Gasteiger partial charge is 0.304 e. The normalized spacial score (nSPS) is 15.1. The Kier molecular flexibility index (Phi) is 2.88. The number of carbonyl (C=O) groups is 2. The van der Waals surface area contributed by atoms with Crippen LogP contribution in [0, 0.1) is 0 Å². The topological polar surface area (TPSA) is 37.4 Å². The molecule has 2 aromatic carbocycles. The molecule has 3 nitrogen and oxygen atoms in total. The molecule has 0 aromatic heterocycles. The standard InChI is InChI=1S/C16H13NO2/c18-13-10-16(19)17(11-13)15-9-5-4-8-14(15)12-6-2-1-3-7-12/h1-9H,10-11H2. The van der Waals surface area contributed by atoms with E-state index in [0.29, 0.717) is 0 Å². The Bertz CT molecular complexity index is 634. The van der Waals surface area contributed by atoms with Gasteiger partial charge in [-0.25, -0.2) is 0 Å². The van der Waals surface area contributed by atoms with Gasteiger partial charge >= 0.3 is 0 Å². The van der Waals surface area contributed by atoms with Crippen LogP contribution in [0.4, 0.5) is 5.69 Å². The molecule has 3 heteroatoms. The Morgan fingerprint density at radius 2 is 1.53 bits per heavy atom. The summed E-state index contributed by atoms with van der Waals surface area (Å²) in [5.74, 6) is -0.138. The molecule has 0 bridgehead atoms. The minimum absolute atomic E-state index is 0.0170. The molecule has 19 heavy (non-hydrogen) atoms. The van der Waals surface area contributed by atoms with Crippen molar-refractivity contribution in [1.29, 1.82) is 0 Å². The summed E-state index contributed by atoms with van der Waals surface area (Å²) in [6.07, 6.45) is 0.0170. The van der Waals surface area contributed by atoms with Crippen LogP contribution in [0.5, 0.6) is 0 Å². The summed E-state index contributed by atoms with van der Waals surface area (Å²) in [6.45, 7) is 0.183. The summed E-state index contributed by atoms with van der Waals surface area (Å²) in [5.41, 5.74) is 2.83. The molecule has 1 fully saturated rings. The minimum atomic E-state index is -0.117. The number of anilines is 1. The Labute approximate surface area is 111 Å². The molecule has 0 radical (unpaired) electrons. The number of hydrogen-bond donors (Lipinski definition) is 0. The predicted octanol–water partition coefficient (Wildman–Crippen LogP) is 2.66. The first-order valence-corrected chi connectivity index (χ1v) is 6.22. The second-order valence-electron chi connectivity index (χ2n) is 4.58. The summed E-state index contributed by atoms with van der Waals surface area (Å²) in [7, 11) is 0. The molecule has 1 heterocycles. The number of para-hydroxylation sites is 1. The predicted molar refractivity (Wildman–Crippen MR) is 73.9 cm³/mol. The summed E-state index contributed by atoms with van der Waals surface area (Å²) in [6, 6.07) is 17.6. The van der Waals surface area contributed by atoms with Gasteiger partial charge in [0.25, 0.3) is 0 Å². The van der Waals surface area contributed by atoms with Crippen LogP contribution in [0.25, 0.3) is 11.1 Å². The highest BCUT2D eigenvalue weighted by molar-refractivity contribution is 6.16. The summed E-state index contributed by atoms with van der Waals surface area (Å²) in [4.78, 5) is 24.9. The zero-order valence-electron chi connectivity index (χ0n) is 10.4. The lowest BCUT2D eigenvalue weighted by Crippen LogP contribution is -2.25. The molecule has 1 amide bonds. The van der Waals surface area contributed by atoms with Gasteiger partial charge in [-0.2, -0.15) is 0 Å². The van der Waals surface area contributed by atoms with Gasteiger partial charge in [0.2, 0.25) is 5.91 Å². The highest BCUT2D eigenvalue weighted by Gasteiger charge is 2.29. The van der Waals surface area contributed by atoms with Gasteiger partial charge in [0.15, 0.2) is 5.78 Å². The second-order valence-corrected chi connectivity index (χ2v) is 4.58. The number of carbonyl (C=O) groups excluding carboxylic acids is 2. The Balaban J connectivity index is 2.08. The molecule has 1 aliphatic heterocycles. The van der Waals surface area contributed by atoms with Crippen LogP contribution in [-0.4, -0.2) is 18.2 Å². The van der Waals surface area contributed by atoms with Crippen LogP contribution in [0.15, 0.2) is 54.6 Å². The first-order valence-electron chi connectivity index (χ1n) is 6.22. The van der Waals surface area contributed by atoms with Crippen molar-refractivity contribution < 1.29 is 9.59 Å². The van der Waals surface area contributed by atoms with Crippen LogP contribution >= 0.6 is 0 Å². The van der Waals surface area contributed by atoms with Crippen LogP contribution in [0.1, 0.15) is 6.42 Å². The monoisotopic (exact) mass is 251 g/mol. The lowest BCUT2D eigenvalue weighted by molar-refractivity contribution is -0.121. The fourth-order valence-electron chi connectivity index (χ4n) is 2.37. The third-order valence-electron chi connectivity index (χ3n) is 3.26. The molecule has 0 atom stereocenters. The minimum Gasteiger partial charge on any atom is -0.304 e. The van der Waals surface area contributed by atoms with Gasteiger partial charge in [0.05, 0.1) is 18.7 Å². The Morgan fingerprint density at radius 3 is 2.21 bits per heavy atom. The van der Waals surface area contributed by atoms with Gasteiger partial charge in [-0.1, -0.05) is 48.5 Å². The molecule has 94 valence electrons. The molecule has 0 unspecified atom stereocenters. The lowest BCUT2D eigenvalue weighted by Gasteiger charge is -2.19. The summed E-state index contributed by atoms with van der Waals surface area (Å²) in [5, 5.41) is 0. The molecule has 0 N–H and O–H groups in total. The van der Waals surface area contributed by atoms with Gasteiger partial charge in [0, 0.05) is 5.56 Å². The van der Waals surface area contributed by atoms with Crippen LogP contribution < -0.4 is 4.90 Å². The van der Waals surface area contributed by atoms with Crippen molar-refractivity contribution in [2.75, 3.05) is 11.4 Å². The third-order valence-corrected chi connectivity index (χ3v) is 3.26. The molecule has 3 rings (SSSR count). The lowest BCUT2D eigenvalue weighted by atomic mass is 10.0. The van der Waals surface area contributed by atoms with E-state index in [1.54, 1.807) is 4.90 Å². The van der Waals surface area contributed by atoms with E-state index in [2.05, 4.69) is 0 Å². The van der Waals surface area contributed by atoms with Crippen LogP contribution in [0.2, 0.25) is 0 Å². The SMILES string of the molecule is O=C1CC(=O)N(c2ccccc2-c2ccccc2)C1. The molecule has 2 aromatic rings. The molecular formula is C16H13NO2. The number of ketones is 1. The fraction of sp³-hybridized carbons (Fsp3) is 0.125. The number of rotatable bonds is 2. The fourth-order valence-corrected chi connectivity index (χ4v) is 2.37. The van der Waals surface area contributed by atoms with Crippen molar-refractivity contribution >= 4 is 17.4 Å². The average molecular weight is 251 g/mol. The maximum atomic E-state index is 11.9. The smallest absolute Gasteiger partial charge is 0.234 e. The number of benzene rings is 2. The van der Waals surface area contributed by atoms with Crippen molar-refractivity contribution in [2.45, 2.75) is 6.42 Å². The van der Waals surface area contributed by atoms with E-state index < -0.39 is 0 Å². The first kappa shape index (κ1) is 11.7. The van der Waals surface area contributed by atoms with Crippen LogP contribution in [-0.2, 0) is 9.59 Å². The van der Waals surface area contributed by atoms with Crippen molar-refractivity contribution in [2.24, 2.45) is 0 Å². The zero-order chi connectivity index (χ0) is 13.2. The first-order chi connectivity index (χ1) is 9.25. The van der Waals surface area contributed by atoms with Crippen molar-refractivity contribution in [3.05, 3.63) is 54.6 Å². The number of hydrogen-bond acceptors (Lipinski definition) is 2. The van der Waals surface area contributed by atoms with Gasteiger partial charge in [-0.05, 0) is 11.6 Å². The van der Waals surface area contributed by atoms with E-state index in [4.69, 9.17) is 0 Å². The molecule has 1 saturated heterocycles. The molecular weight excluding hydrogens is 238 g/mol. The maximum absolute atomic E-state index is 11.9. The number of Topliss-reactive ketones (excluding diaryl/α,β-unsaturated/α-hetero) is 1. The molecule has 0 saturated carbocycles. The number of nitrogens with zero attached hydrogens (tertiary/aromatic N) is 1. The van der Waals surface area contributed by atoms with Crippen molar-refractivity contribution in [3.63, 3.8) is 0 Å². The van der Waals surface area contributed by atoms with E-state index in [1.165, 1.54) is 0 Å². The molecule has 1 aliphatic rings. The van der Waals surface area contributed by atoms with Crippen molar-refractivity contribution in [3.8, 4) is 11.1 Å². The maximum Gasteiger partial charge on any atom is 0.234 e. The quantitative estimate of drug-likeness (QED) is 0.769. The average Bonchev–Trinajstić information content (AvgIpc) is 2.79. The zero-order valence-corrected chi connectivity index (χ0v) is 10.4.